The Hall–Kier alpha value is -1.95. The smallest absolute Gasteiger partial charge is 0.351 e. The SMILES string of the molecule is CC(=O)OC1(C)C(=O)OC2C3C(C)=CC(=O)C3=C(C)CC(O)C21. The standard InChI is InChI=1S/C17H20O6/c1-7-6-11(20)14-15(13-8(2)5-10(19)12(7)13)22-16(21)17(14,4)23-9(3)18/h5,11,13-15,20H,6H2,1-4H3. The fraction of sp³-hybridized carbons (Fsp3) is 0.588. The number of ether oxygens (including phenoxy) is 2. The molecule has 5 atom stereocenters. The lowest BCUT2D eigenvalue weighted by Gasteiger charge is -2.32. The Kier molecular flexibility index (Phi) is 3.48. The number of allylic oxidation sites excluding steroid dienone is 1. The molecule has 0 amide bonds. The third-order valence-electron chi connectivity index (χ3n) is 5.14. The molecule has 0 saturated carbocycles. The van der Waals surface area contributed by atoms with E-state index < -0.39 is 35.7 Å². The zero-order valence-corrected chi connectivity index (χ0v) is 13.6. The number of rotatable bonds is 1. The molecule has 3 rings (SSSR count). The van der Waals surface area contributed by atoms with E-state index in [1.54, 1.807) is 6.08 Å². The lowest BCUT2D eigenvalue weighted by Crippen LogP contribution is -2.49. The van der Waals surface area contributed by atoms with Crippen molar-refractivity contribution in [2.45, 2.75) is 51.9 Å². The van der Waals surface area contributed by atoms with E-state index in [1.165, 1.54) is 13.8 Å². The number of esters is 2. The van der Waals surface area contributed by atoms with Crippen LogP contribution in [0.5, 0.6) is 0 Å². The molecule has 0 spiro atoms. The van der Waals surface area contributed by atoms with Gasteiger partial charge in [-0.1, -0.05) is 11.1 Å². The minimum atomic E-state index is -1.54. The molecule has 5 unspecified atom stereocenters. The maximum absolute atomic E-state index is 12.4. The van der Waals surface area contributed by atoms with Crippen LogP contribution in [0.15, 0.2) is 22.8 Å². The number of ketones is 1. The van der Waals surface area contributed by atoms with Gasteiger partial charge in [0.1, 0.15) is 6.10 Å². The van der Waals surface area contributed by atoms with Crippen molar-refractivity contribution in [3.05, 3.63) is 22.8 Å². The molecule has 3 aliphatic rings. The molecule has 0 bridgehead atoms. The Balaban J connectivity index is 2.11. The van der Waals surface area contributed by atoms with Crippen molar-refractivity contribution in [1.82, 2.24) is 0 Å². The van der Waals surface area contributed by atoms with Crippen molar-refractivity contribution < 1.29 is 29.0 Å². The van der Waals surface area contributed by atoms with Gasteiger partial charge in [-0.15, -0.1) is 0 Å². The fourth-order valence-electron chi connectivity index (χ4n) is 4.24. The summed E-state index contributed by atoms with van der Waals surface area (Å²) in [4.78, 5) is 36.1. The predicted octanol–water partition coefficient (Wildman–Crippen LogP) is 1.08. The van der Waals surface area contributed by atoms with Gasteiger partial charge >= 0.3 is 11.9 Å². The highest BCUT2D eigenvalue weighted by Gasteiger charge is 2.63. The Morgan fingerprint density at radius 3 is 2.65 bits per heavy atom. The minimum Gasteiger partial charge on any atom is -0.458 e. The summed E-state index contributed by atoms with van der Waals surface area (Å²) in [5, 5.41) is 10.6. The number of aliphatic hydroxyl groups excluding tert-OH is 1. The summed E-state index contributed by atoms with van der Waals surface area (Å²) >= 11 is 0. The quantitative estimate of drug-likeness (QED) is 0.727. The van der Waals surface area contributed by atoms with Crippen LogP contribution in [0.2, 0.25) is 0 Å². The van der Waals surface area contributed by atoms with Crippen LogP contribution < -0.4 is 0 Å². The molecule has 0 aromatic carbocycles. The molecule has 1 saturated heterocycles. The van der Waals surface area contributed by atoms with E-state index in [0.29, 0.717) is 5.57 Å². The fourth-order valence-corrected chi connectivity index (χ4v) is 4.24. The van der Waals surface area contributed by atoms with Crippen molar-refractivity contribution in [1.29, 1.82) is 0 Å². The average molecular weight is 320 g/mol. The van der Waals surface area contributed by atoms with Crippen LogP contribution in [0.25, 0.3) is 0 Å². The van der Waals surface area contributed by atoms with E-state index in [-0.39, 0.29) is 18.1 Å². The Morgan fingerprint density at radius 1 is 1.39 bits per heavy atom. The average Bonchev–Trinajstić information content (AvgIpc) is 2.78. The van der Waals surface area contributed by atoms with E-state index >= 15 is 0 Å². The number of fused-ring (bicyclic) bond motifs is 3. The lowest BCUT2D eigenvalue weighted by molar-refractivity contribution is -0.174. The highest BCUT2D eigenvalue weighted by atomic mass is 16.6. The molecule has 0 aromatic rings. The molecule has 0 radical (unpaired) electrons. The van der Waals surface area contributed by atoms with Gasteiger partial charge in [0, 0.05) is 18.4 Å². The van der Waals surface area contributed by atoms with E-state index in [9.17, 15) is 19.5 Å². The minimum absolute atomic E-state index is 0.102. The molecule has 2 aliphatic carbocycles. The first-order chi connectivity index (χ1) is 10.7. The summed E-state index contributed by atoms with van der Waals surface area (Å²) in [6.07, 6.45) is 0.146. The molecule has 1 fully saturated rings. The van der Waals surface area contributed by atoms with Gasteiger partial charge in [-0.05, 0) is 33.3 Å². The van der Waals surface area contributed by atoms with Gasteiger partial charge in [-0.2, -0.15) is 0 Å². The highest BCUT2D eigenvalue weighted by Crippen LogP contribution is 2.50. The molecule has 1 heterocycles. The van der Waals surface area contributed by atoms with Gasteiger partial charge in [-0.25, -0.2) is 4.79 Å². The van der Waals surface area contributed by atoms with Gasteiger partial charge in [0.25, 0.3) is 0 Å². The monoisotopic (exact) mass is 320 g/mol. The van der Waals surface area contributed by atoms with Crippen molar-refractivity contribution in [2.75, 3.05) is 0 Å². The number of carbonyl (C=O) groups excluding carboxylic acids is 3. The van der Waals surface area contributed by atoms with Crippen LogP contribution >= 0.6 is 0 Å². The second kappa shape index (κ2) is 5.03. The van der Waals surface area contributed by atoms with E-state index in [2.05, 4.69) is 0 Å². The molecular formula is C17H20O6. The van der Waals surface area contributed by atoms with Gasteiger partial charge < -0.3 is 14.6 Å². The summed E-state index contributed by atoms with van der Waals surface area (Å²) in [5.41, 5.74) is 0.635. The molecule has 6 heteroatoms. The maximum atomic E-state index is 12.4. The summed E-state index contributed by atoms with van der Waals surface area (Å²) in [7, 11) is 0. The molecule has 1 N–H and O–H groups in total. The molecule has 124 valence electrons. The van der Waals surface area contributed by atoms with Gasteiger partial charge in [0.05, 0.1) is 12.0 Å². The Morgan fingerprint density at radius 2 is 2.04 bits per heavy atom. The van der Waals surface area contributed by atoms with E-state index in [1.807, 2.05) is 13.8 Å². The van der Waals surface area contributed by atoms with Crippen LogP contribution in [-0.2, 0) is 23.9 Å². The summed E-state index contributed by atoms with van der Waals surface area (Å²) < 4.78 is 10.8. The van der Waals surface area contributed by atoms with Crippen LogP contribution in [0.3, 0.4) is 0 Å². The number of hydrogen-bond acceptors (Lipinski definition) is 6. The molecule has 23 heavy (non-hydrogen) atoms. The normalized spacial score (nSPS) is 39.4. The first-order valence-corrected chi connectivity index (χ1v) is 7.67. The van der Waals surface area contributed by atoms with Crippen molar-refractivity contribution in [3.8, 4) is 0 Å². The molecule has 1 aliphatic heterocycles. The number of aliphatic hydroxyl groups is 1. The number of carbonyl (C=O) groups is 3. The second-order valence-corrected chi connectivity index (χ2v) is 6.79. The Bertz CT molecular complexity index is 673. The third-order valence-corrected chi connectivity index (χ3v) is 5.14. The lowest BCUT2D eigenvalue weighted by atomic mass is 9.77. The van der Waals surface area contributed by atoms with Crippen LogP contribution in [-0.4, -0.2) is 40.6 Å². The van der Waals surface area contributed by atoms with Crippen LogP contribution in [0.1, 0.15) is 34.1 Å². The topological polar surface area (TPSA) is 89.9 Å². The molecule has 6 nitrogen and oxygen atoms in total. The maximum Gasteiger partial charge on any atom is 0.351 e. The zero-order valence-electron chi connectivity index (χ0n) is 13.6. The first-order valence-electron chi connectivity index (χ1n) is 7.67. The van der Waals surface area contributed by atoms with Gasteiger partial charge in [-0.3, -0.25) is 9.59 Å². The highest BCUT2D eigenvalue weighted by molar-refractivity contribution is 6.09. The summed E-state index contributed by atoms with van der Waals surface area (Å²) in [6.45, 7) is 6.31. The largest absolute Gasteiger partial charge is 0.458 e. The first kappa shape index (κ1) is 15.9. The number of hydrogen-bond donors (Lipinski definition) is 1. The zero-order chi connectivity index (χ0) is 17.1. The van der Waals surface area contributed by atoms with Crippen molar-refractivity contribution in [3.63, 3.8) is 0 Å². The summed E-state index contributed by atoms with van der Waals surface area (Å²) in [5.74, 6) is -2.49. The second-order valence-electron chi connectivity index (χ2n) is 6.79. The summed E-state index contributed by atoms with van der Waals surface area (Å²) in [6, 6.07) is 0. The third kappa shape index (κ3) is 2.16. The van der Waals surface area contributed by atoms with Gasteiger partial charge in [0.15, 0.2) is 5.78 Å². The van der Waals surface area contributed by atoms with Crippen LogP contribution in [0.4, 0.5) is 0 Å². The van der Waals surface area contributed by atoms with Crippen molar-refractivity contribution in [2.24, 2.45) is 11.8 Å². The Labute approximate surface area is 134 Å². The predicted molar refractivity (Wildman–Crippen MR) is 79.1 cm³/mol. The van der Waals surface area contributed by atoms with E-state index in [4.69, 9.17) is 9.47 Å². The van der Waals surface area contributed by atoms with Crippen LogP contribution in [0, 0.1) is 11.8 Å². The van der Waals surface area contributed by atoms with E-state index in [0.717, 1.165) is 11.1 Å². The van der Waals surface area contributed by atoms with Gasteiger partial charge in [0.2, 0.25) is 5.60 Å². The van der Waals surface area contributed by atoms with Crippen molar-refractivity contribution >= 4 is 17.7 Å². The molecular weight excluding hydrogens is 300 g/mol. The molecule has 0 aromatic heterocycles.